The molecule has 1 aliphatic rings. The van der Waals surface area contributed by atoms with Gasteiger partial charge in [-0.25, -0.2) is 0 Å². The fourth-order valence-corrected chi connectivity index (χ4v) is 1.98. The van der Waals surface area contributed by atoms with Crippen molar-refractivity contribution in [2.45, 2.75) is 6.92 Å². The number of aryl methyl sites for hydroxylation is 1. The molecule has 3 rings (SSSR count). The van der Waals surface area contributed by atoms with Gasteiger partial charge in [0.05, 0.1) is 22.2 Å². The smallest absolute Gasteiger partial charge is 0.282 e. The molecule has 0 saturated heterocycles. The number of hydrogen-bond acceptors (Lipinski definition) is 5. The van der Waals surface area contributed by atoms with Crippen LogP contribution in [0.5, 0.6) is 11.5 Å². The van der Waals surface area contributed by atoms with Crippen LogP contribution in [0.4, 0.5) is 11.4 Å². The molecule has 0 aromatic heterocycles. The largest absolute Gasteiger partial charge is 0.454 e. The molecule has 0 atom stereocenters. The SMILES string of the molecule is Cc1ccc(N=Cc2cc3c(cc2[N+](=O)[O-])OCO3)cc1. The van der Waals surface area contributed by atoms with E-state index in [1.807, 2.05) is 31.2 Å². The van der Waals surface area contributed by atoms with Crippen molar-refractivity contribution in [3.63, 3.8) is 0 Å². The molecular formula is C15H12N2O4. The second kappa shape index (κ2) is 5.24. The Morgan fingerprint density at radius 3 is 2.52 bits per heavy atom. The van der Waals surface area contributed by atoms with Gasteiger partial charge >= 0.3 is 0 Å². The predicted molar refractivity (Wildman–Crippen MR) is 77.7 cm³/mol. The Balaban J connectivity index is 1.97. The van der Waals surface area contributed by atoms with Gasteiger partial charge < -0.3 is 9.47 Å². The van der Waals surface area contributed by atoms with E-state index >= 15 is 0 Å². The third-order valence-electron chi connectivity index (χ3n) is 3.11. The second-order valence-corrected chi connectivity index (χ2v) is 4.62. The van der Waals surface area contributed by atoms with Gasteiger partial charge in [-0.2, -0.15) is 0 Å². The van der Waals surface area contributed by atoms with Crippen molar-refractivity contribution in [2.24, 2.45) is 4.99 Å². The van der Waals surface area contributed by atoms with Crippen LogP contribution in [0, 0.1) is 17.0 Å². The second-order valence-electron chi connectivity index (χ2n) is 4.62. The molecule has 2 aromatic rings. The molecule has 0 radical (unpaired) electrons. The van der Waals surface area contributed by atoms with E-state index in [1.165, 1.54) is 12.3 Å². The van der Waals surface area contributed by atoms with Gasteiger partial charge in [-0.15, -0.1) is 0 Å². The summed E-state index contributed by atoms with van der Waals surface area (Å²) in [5, 5.41) is 11.1. The van der Waals surface area contributed by atoms with Crippen LogP contribution in [0.15, 0.2) is 41.4 Å². The van der Waals surface area contributed by atoms with Crippen molar-refractivity contribution in [1.82, 2.24) is 0 Å². The number of nitrogens with zero attached hydrogens (tertiary/aromatic N) is 2. The Kier molecular flexibility index (Phi) is 3.27. The van der Waals surface area contributed by atoms with Crippen molar-refractivity contribution in [1.29, 1.82) is 0 Å². The number of nitro groups is 1. The molecular weight excluding hydrogens is 272 g/mol. The fraction of sp³-hybridized carbons (Fsp3) is 0.133. The maximum atomic E-state index is 11.1. The van der Waals surface area contributed by atoms with E-state index in [0.29, 0.717) is 17.1 Å². The molecule has 1 aliphatic heterocycles. The molecule has 0 spiro atoms. The number of hydrogen-bond donors (Lipinski definition) is 0. The Morgan fingerprint density at radius 2 is 1.86 bits per heavy atom. The lowest BCUT2D eigenvalue weighted by atomic mass is 10.1. The number of benzene rings is 2. The van der Waals surface area contributed by atoms with Crippen molar-refractivity contribution in [2.75, 3.05) is 6.79 Å². The van der Waals surface area contributed by atoms with Crippen LogP contribution in [-0.2, 0) is 0 Å². The lowest BCUT2D eigenvalue weighted by molar-refractivity contribution is -0.385. The highest BCUT2D eigenvalue weighted by Crippen LogP contribution is 2.37. The molecule has 1 heterocycles. The van der Waals surface area contributed by atoms with E-state index in [2.05, 4.69) is 4.99 Å². The maximum absolute atomic E-state index is 11.1. The highest BCUT2D eigenvalue weighted by molar-refractivity contribution is 5.88. The van der Waals surface area contributed by atoms with E-state index in [4.69, 9.17) is 9.47 Å². The molecule has 0 N–H and O–H groups in total. The molecule has 0 fully saturated rings. The number of rotatable bonds is 3. The third kappa shape index (κ3) is 2.69. The molecule has 106 valence electrons. The van der Waals surface area contributed by atoms with Gasteiger partial charge in [0.2, 0.25) is 6.79 Å². The zero-order chi connectivity index (χ0) is 14.8. The normalized spacial score (nSPS) is 12.8. The van der Waals surface area contributed by atoms with Gasteiger partial charge in [0.25, 0.3) is 5.69 Å². The summed E-state index contributed by atoms with van der Waals surface area (Å²) in [7, 11) is 0. The lowest BCUT2D eigenvalue weighted by Gasteiger charge is -2.00. The van der Waals surface area contributed by atoms with Gasteiger partial charge in [-0.1, -0.05) is 17.7 Å². The Morgan fingerprint density at radius 1 is 1.19 bits per heavy atom. The highest BCUT2D eigenvalue weighted by Gasteiger charge is 2.22. The molecule has 6 heteroatoms. The van der Waals surface area contributed by atoms with E-state index in [1.54, 1.807) is 6.07 Å². The van der Waals surface area contributed by atoms with Gasteiger partial charge in [0.1, 0.15) is 0 Å². The summed E-state index contributed by atoms with van der Waals surface area (Å²) in [5.74, 6) is 0.875. The van der Waals surface area contributed by atoms with Crippen molar-refractivity contribution >= 4 is 17.6 Å². The fourth-order valence-electron chi connectivity index (χ4n) is 1.98. The first kappa shape index (κ1) is 13.1. The van der Waals surface area contributed by atoms with Gasteiger partial charge in [0, 0.05) is 6.21 Å². The molecule has 0 aliphatic carbocycles. The van der Waals surface area contributed by atoms with Crippen molar-refractivity contribution in [3.05, 3.63) is 57.6 Å². The van der Waals surface area contributed by atoms with E-state index < -0.39 is 4.92 Å². The summed E-state index contributed by atoms with van der Waals surface area (Å²) in [6.45, 7) is 2.06. The average molecular weight is 284 g/mol. The lowest BCUT2D eigenvalue weighted by Crippen LogP contribution is -1.94. The summed E-state index contributed by atoms with van der Waals surface area (Å²) < 4.78 is 10.4. The molecule has 0 saturated carbocycles. The summed E-state index contributed by atoms with van der Waals surface area (Å²) in [6.07, 6.45) is 1.46. The Hall–Kier alpha value is -2.89. The molecule has 2 aromatic carbocycles. The van der Waals surface area contributed by atoms with E-state index in [0.717, 1.165) is 11.3 Å². The molecule has 0 amide bonds. The standard InChI is InChI=1S/C15H12N2O4/c1-10-2-4-12(5-3-10)16-8-11-6-14-15(21-9-20-14)7-13(11)17(18)19/h2-8H,9H2,1H3. The van der Waals surface area contributed by atoms with Crippen LogP contribution in [0.1, 0.15) is 11.1 Å². The minimum Gasteiger partial charge on any atom is -0.454 e. The van der Waals surface area contributed by atoms with Gasteiger partial charge in [0.15, 0.2) is 11.5 Å². The maximum Gasteiger partial charge on any atom is 0.282 e. The number of nitro benzene ring substituents is 1. The number of fused-ring (bicyclic) bond motifs is 1. The van der Waals surface area contributed by atoms with E-state index in [9.17, 15) is 10.1 Å². The molecule has 6 nitrogen and oxygen atoms in total. The van der Waals surface area contributed by atoms with Gasteiger partial charge in [-0.3, -0.25) is 15.1 Å². The van der Waals surface area contributed by atoms with Crippen molar-refractivity contribution < 1.29 is 14.4 Å². The minimum absolute atomic E-state index is 0.0601. The first-order chi connectivity index (χ1) is 10.1. The van der Waals surface area contributed by atoms with Crippen LogP contribution >= 0.6 is 0 Å². The van der Waals surface area contributed by atoms with Crippen molar-refractivity contribution in [3.8, 4) is 11.5 Å². The topological polar surface area (TPSA) is 74.0 Å². The van der Waals surface area contributed by atoms with Crippen LogP contribution in [0.25, 0.3) is 0 Å². The monoisotopic (exact) mass is 284 g/mol. The van der Waals surface area contributed by atoms with Crippen LogP contribution in [0.2, 0.25) is 0 Å². The summed E-state index contributed by atoms with van der Waals surface area (Å²) in [5.41, 5.74) is 2.18. The van der Waals surface area contributed by atoms with Crippen LogP contribution < -0.4 is 9.47 Å². The van der Waals surface area contributed by atoms with Gasteiger partial charge in [-0.05, 0) is 25.1 Å². The zero-order valence-corrected chi connectivity index (χ0v) is 11.3. The molecule has 0 unspecified atom stereocenters. The summed E-state index contributed by atoms with van der Waals surface area (Å²) in [6, 6.07) is 10.5. The Bertz CT molecular complexity index is 723. The molecule has 0 bridgehead atoms. The summed E-state index contributed by atoms with van der Waals surface area (Å²) >= 11 is 0. The number of ether oxygens (including phenoxy) is 2. The highest BCUT2D eigenvalue weighted by atomic mass is 16.7. The third-order valence-corrected chi connectivity index (χ3v) is 3.11. The first-order valence-electron chi connectivity index (χ1n) is 6.32. The predicted octanol–water partition coefficient (Wildman–Crippen LogP) is 3.38. The van der Waals surface area contributed by atoms with E-state index in [-0.39, 0.29) is 12.5 Å². The van der Waals surface area contributed by atoms with Crippen LogP contribution in [0.3, 0.4) is 0 Å². The molecule has 21 heavy (non-hydrogen) atoms. The minimum atomic E-state index is -0.460. The van der Waals surface area contributed by atoms with Crippen LogP contribution in [-0.4, -0.2) is 17.9 Å². The zero-order valence-electron chi connectivity index (χ0n) is 11.3. The number of aliphatic imine (C=N–C) groups is 1. The average Bonchev–Trinajstić information content (AvgIpc) is 2.92. The quantitative estimate of drug-likeness (QED) is 0.492. The summed E-state index contributed by atoms with van der Waals surface area (Å²) in [4.78, 5) is 14.9. The Labute approximate surface area is 120 Å². The first-order valence-corrected chi connectivity index (χ1v) is 6.32.